The zero-order chi connectivity index (χ0) is 23.0. The number of anilines is 2. The molecule has 0 radical (unpaired) electrons. The van der Waals surface area contributed by atoms with E-state index in [0.29, 0.717) is 12.6 Å². The first-order chi connectivity index (χ1) is 16.1. The van der Waals surface area contributed by atoms with Gasteiger partial charge in [-0.05, 0) is 69.7 Å². The van der Waals surface area contributed by atoms with Crippen LogP contribution in [0.25, 0.3) is 10.9 Å². The van der Waals surface area contributed by atoms with Crippen molar-refractivity contribution in [3.05, 3.63) is 54.1 Å². The number of nitrogens with zero attached hydrogens (tertiary/aromatic N) is 3. The largest absolute Gasteiger partial charge is 0.494 e. The molecule has 1 fully saturated rings. The van der Waals surface area contributed by atoms with Gasteiger partial charge in [0.1, 0.15) is 11.6 Å². The van der Waals surface area contributed by atoms with Crippen LogP contribution in [-0.4, -0.2) is 43.3 Å². The minimum Gasteiger partial charge on any atom is -0.494 e. The molecule has 1 aromatic heterocycles. The Hall–Kier alpha value is -2.86. The zero-order valence-corrected chi connectivity index (χ0v) is 20.2. The van der Waals surface area contributed by atoms with Crippen molar-refractivity contribution in [3.8, 4) is 5.75 Å². The molecule has 1 heterocycles. The van der Waals surface area contributed by atoms with Gasteiger partial charge in [0.15, 0.2) is 0 Å². The molecule has 1 aliphatic carbocycles. The molecular weight excluding hydrogens is 422 g/mol. The van der Waals surface area contributed by atoms with E-state index in [0.717, 1.165) is 47.4 Å². The van der Waals surface area contributed by atoms with E-state index in [1.165, 1.54) is 37.7 Å². The van der Waals surface area contributed by atoms with Gasteiger partial charge >= 0.3 is 0 Å². The van der Waals surface area contributed by atoms with Crippen LogP contribution in [-0.2, 0) is 6.54 Å². The highest BCUT2D eigenvalue weighted by Crippen LogP contribution is 2.29. The number of para-hydroxylation sites is 2. The second-order valence-corrected chi connectivity index (χ2v) is 9.15. The third-order valence-corrected chi connectivity index (χ3v) is 6.50. The van der Waals surface area contributed by atoms with Crippen molar-refractivity contribution in [1.82, 2.24) is 15.3 Å². The maximum atomic E-state index is 5.73. The van der Waals surface area contributed by atoms with E-state index in [9.17, 15) is 0 Å². The summed E-state index contributed by atoms with van der Waals surface area (Å²) in [7, 11) is 4.07. The average Bonchev–Trinajstić information content (AvgIpc) is 2.83. The number of ether oxygens (including phenoxy) is 1. The molecule has 2 N–H and O–H groups in total. The van der Waals surface area contributed by atoms with Crippen molar-refractivity contribution in [2.24, 2.45) is 5.92 Å². The van der Waals surface area contributed by atoms with Crippen LogP contribution in [0, 0.1) is 5.92 Å². The summed E-state index contributed by atoms with van der Waals surface area (Å²) in [6, 6.07) is 17.0. The molecule has 1 saturated carbocycles. The summed E-state index contributed by atoms with van der Waals surface area (Å²) in [4.78, 5) is 11.6. The molecule has 4 rings (SSSR count). The van der Waals surface area contributed by atoms with Gasteiger partial charge in [0.2, 0.25) is 5.95 Å². The minimum atomic E-state index is 0. The minimum absolute atomic E-state index is 0. The summed E-state index contributed by atoms with van der Waals surface area (Å²) >= 11 is 0. The van der Waals surface area contributed by atoms with Gasteiger partial charge < -0.3 is 20.3 Å². The topological polar surface area (TPSA) is 62.3 Å². The number of benzene rings is 2. The van der Waals surface area contributed by atoms with E-state index < -0.39 is 0 Å². The molecule has 3 aromatic rings. The molecule has 2 aromatic carbocycles. The molecule has 0 spiro atoms. The lowest BCUT2D eigenvalue weighted by atomic mass is 9.84. The van der Waals surface area contributed by atoms with Crippen molar-refractivity contribution in [2.45, 2.75) is 59.0 Å². The fourth-order valence-corrected chi connectivity index (χ4v) is 4.72. The van der Waals surface area contributed by atoms with Crippen LogP contribution in [0.5, 0.6) is 5.75 Å². The standard InChI is InChI=1S/C27H37N5O.CH4/c1-4-33-25-12-8-5-9-21(25)19-28-18-17-20-13-15-22(16-14-20)29-27-30-24-11-7-6-10-23(24)26(31-27)32(2)3;/h5-12,20,22,28H,4,13-19H2,1-3H3,(H,29,30,31);1H4. The fourth-order valence-electron chi connectivity index (χ4n) is 4.72. The lowest BCUT2D eigenvalue weighted by Crippen LogP contribution is -2.28. The van der Waals surface area contributed by atoms with E-state index in [1.54, 1.807) is 0 Å². The molecule has 0 saturated heterocycles. The molecule has 6 nitrogen and oxygen atoms in total. The van der Waals surface area contributed by atoms with Gasteiger partial charge in [0.25, 0.3) is 0 Å². The predicted molar refractivity (Wildman–Crippen MR) is 144 cm³/mol. The monoisotopic (exact) mass is 463 g/mol. The van der Waals surface area contributed by atoms with Crippen molar-refractivity contribution in [3.63, 3.8) is 0 Å². The highest BCUT2D eigenvalue weighted by Gasteiger charge is 2.22. The molecule has 0 atom stereocenters. The number of nitrogens with one attached hydrogen (secondary N) is 2. The SMILES string of the molecule is C.CCOc1ccccc1CNCCC1CCC(Nc2nc(N(C)C)c3ccccc3n2)CC1. The molecule has 34 heavy (non-hydrogen) atoms. The number of fused-ring (bicyclic) bond motifs is 1. The molecule has 0 amide bonds. The first kappa shape index (κ1) is 25.8. The lowest BCUT2D eigenvalue weighted by molar-refractivity contribution is 0.314. The van der Waals surface area contributed by atoms with Crippen LogP contribution in [0.2, 0.25) is 0 Å². The molecule has 0 aliphatic heterocycles. The van der Waals surface area contributed by atoms with Crippen LogP contribution in [0.1, 0.15) is 52.0 Å². The van der Waals surface area contributed by atoms with E-state index in [1.807, 2.05) is 39.2 Å². The Morgan fingerprint density at radius 3 is 2.47 bits per heavy atom. The smallest absolute Gasteiger partial charge is 0.225 e. The van der Waals surface area contributed by atoms with Gasteiger partial charge in [-0.2, -0.15) is 4.98 Å². The number of rotatable bonds is 10. The van der Waals surface area contributed by atoms with Gasteiger partial charge in [-0.15, -0.1) is 0 Å². The summed E-state index contributed by atoms with van der Waals surface area (Å²) in [5.74, 6) is 3.49. The van der Waals surface area contributed by atoms with Gasteiger partial charge in [-0.1, -0.05) is 37.8 Å². The average molecular weight is 464 g/mol. The number of hydrogen-bond donors (Lipinski definition) is 2. The molecule has 184 valence electrons. The van der Waals surface area contributed by atoms with Crippen LogP contribution in [0.4, 0.5) is 11.8 Å². The molecular formula is C28H41N5O. The Bertz CT molecular complexity index is 1030. The van der Waals surface area contributed by atoms with Crippen molar-refractivity contribution >= 4 is 22.7 Å². The third-order valence-electron chi connectivity index (χ3n) is 6.50. The first-order valence-electron chi connectivity index (χ1n) is 12.3. The number of aromatic nitrogens is 2. The summed E-state index contributed by atoms with van der Waals surface area (Å²) in [5, 5.41) is 8.32. The third kappa shape index (κ3) is 6.60. The van der Waals surface area contributed by atoms with Gasteiger partial charge in [-0.25, -0.2) is 4.98 Å². The predicted octanol–water partition coefficient (Wildman–Crippen LogP) is 5.88. The van der Waals surface area contributed by atoms with E-state index in [-0.39, 0.29) is 7.43 Å². The fraction of sp³-hybridized carbons (Fsp3) is 0.500. The maximum Gasteiger partial charge on any atom is 0.225 e. The highest BCUT2D eigenvalue weighted by molar-refractivity contribution is 5.90. The summed E-state index contributed by atoms with van der Waals surface area (Å²) < 4.78 is 5.73. The van der Waals surface area contributed by atoms with Crippen LogP contribution < -0.4 is 20.3 Å². The lowest BCUT2D eigenvalue weighted by Gasteiger charge is -2.29. The van der Waals surface area contributed by atoms with E-state index >= 15 is 0 Å². The molecule has 6 heteroatoms. The van der Waals surface area contributed by atoms with Crippen molar-refractivity contribution in [2.75, 3.05) is 37.5 Å². The summed E-state index contributed by atoms with van der Waals surface area (Å²) in [6.07, 6.45) is 6.07. The first-order valence-corrected chi connectivity index (χ1v) is 12.3. The maximum absolute atomic E-state index is 5.73. The highest BCUT2D eigenvalue weighted by atomic mass is 16.5. The van der Waals surface area contributed by atoms with Gasteiger partial charge in [0.05, 0.1) is 12.1 Å². The summed E-state index contributed by atoms with van der Waals surface area (Å²) in [5.41, 5.74) is 2.23. The quantitative estimate of drug-likeness (QED) is 0.366. The van der Waals surface area contributed by atoms with Crippen LogP contribution in [0.15, 0.2) is 48.5 Å². The summed E-state index contributed by atoms with van der Waals surface area (Å²) in [6.45, 7) is 4.64. The van der Waals surface area contributed by atoms with Gasteiger partial charge in [0, 0.05) is 37.6 Å². The Labute approximate surface area is 205 Å². The second-order valence-electron chi connectivity index (χ2n) is 9.15. The Balaban J connectivity index is 0.00000324. The normalized spacial score (nSPS) is 17.7. The zero-order valence-electron chi connectivity index (χ0n) is 20.2. The van der Waals surface area contributed by atoms with Crippen LogP contribution in [0.3, 0.4) is 0 Å². The molecule has 0 bridgehead atoms. The van der Waals surface area contributed by atoms with Gasteiger partial charge in [-0.3, -0.25) is 0 Å². The van der Waals surface area contributed by atoms with Crippen LogP contribution >= 0.6 is 0 Å². The van der Waals surface area contributed by atoms with E-state index in [2.05, 4.69) is 45.9 Å². The van der Waals surface area contributed by atoms with Crippen molar-refractivity contribution < 1.29 is 4.74 Å². The Morgan fingerprint density at radius 2 is 1.71 bits per heavy atom. The molecule has 1 aliphatic rings. The molecule has 0 unspecified atom stereocenters. The second kappa shape index (κ2) is 12.6. The number of hydrogen-bond acceptors (Lipinski definition) is 6. The Kier molecular flexibility index (Phi) is 9.52. The van der Waals surface area contributed by atoms with E-state index in [4.69, 9.17) is 14.7 Å². The Morgan fingerprint density at radius 1 is 0.971 bits per heavy atom. The van der Waals surface area contributed by atoms with Crippen molar-refractivity contribution in [1.29, 1.82) is 0 Å².